The highest BCUT2D eigenvalue weighted by atomic mass is 16.5. The first-order valence-corrected chi connectivity index (χ1v) is 9.63. The highest BCUT2D eigenvalue weighted by Gasteiger charge is 2.25. The third kappa shape index (κ3) is 4.19. The van der Waals surface area contributed by atoms with Crippen LogP contribution in [-0.2, 0) is 19.5 Å². The van der Waals surface area contributed by atoms with Gasteiger partial charge in [0.25, 0.3) is 5.91 Å². The lowest BCUT2D eigenvalue weighted by molar-refractivity contribution is 0.0728. The van der Waals surface area contributed by atoms with Gasteiger partial charge in [-0.25, -0.2) is 15.0 Å². The highest BCUT2D eigenvalue weighted by Crippen LogP contribution is 2.20. The van der Waals surface area contributed by atoms with Crippen LogP contribution in [0.25, 0.3) is 0 Å². The molecule has 4 rings (SSSR count). The summed E-state index contributed by atoms with van der Waals surface area (Å²) in [5.74, 6) is 1.65. The zero-order valence-corrected chi connectivity index (χ0v) is 16.9. The maximum Gasteiger partial charge on any atom is 0.255 e. The van der Waals surface area contributed by atoms with Gasteiger partial charge < -0.3 is 23.7 Å². The predicted molar refractivity (Wildman–Crippen MR) is 108 cm³/mol. The van der Waals surface area contributed by atoms with E-state index in [2.05, 4.69) is 15.0 Å². The smallest absolute Gasteiger partial charge is 0.255 e. The minimum Gasteiger partial charge on any atom is -0.495 e. The third-order valence-electron chi connectivity index (χ3n) is 5.00. The zero-order valence-electron chi connectivity index (χ0n) is 16.9. The van der Waals surface area contributed by atoms with Crippen LogP contribution in [0.15, 0.2) is 43.0 Å². The topological polar surface area (TPSA) is 91.6 Å². The van der Waals surface area contributed by atoms with Crippen LogP contribution in [-0.4, -0.2) is 57.7 Å². The molecule has 1 aliphatic rings. The molecule has 0 saturated carbocycles. The number of hydrogen-bond acceptors (Lipinski definition) is 7. The number of imidazole rings is 1. The molecule has 0 radical (unpaired) electrons. The summed E-state index contributed by atoms with van der Waals surface area (Å²) in [6.45, 7) is 2.18. The van der Waals surface area contributed by atoms with E-state index in [4.69, 9.17) is 14.2 Å². The van der Waals surface area contributed by atoms with Gasteiger partial charge in [-0.15, -0.1) is 0 Å². The monoisotopic (exact) mass is 409 g/mol. The SMILES string of the molecule is COc1ccc(OCCn2cnc3c2CN(C(=O)c2ccc(OC)nc2)CC3)nc1. The Labute approximate surface area is 174 Å². The number of pyridine rings is 2. The van der Waals surface area contributed by atoms with E-state index >= 15 is 0 Å². The minimum absolute atomic E-state index is 0.0535. The lowest BCUT2D eigenvalue weighted by Gasteiger charge is -2.27. The fourth-order valence-corrected chi connectivity index (χ4v) is 3.34. The molecule has 3 aromatic heterocycles. The Bertz CT molecular complexity index is 1000. The Morgan fingerprint density at radius 3 is 2.57 bits per heavy atom. The minimum atomic E-state index is -0.0535. The Morgan fingerprint density at radius 1 is 1.03 bits per heavy atom. The van der Waals surface area contributed by atoms with E-state index in [1.807, 2.05) is 9.47 Å². The van der Waals surface area contributed by atoms with Crippen molar-refractivity contribution in [1.82, 2.24) is 24.4 Å². The number of aromatic nitrogens is 4. The molecule has 0 N–H and O–H groups in total. The molecule has 9 heteroatoms. The molecule has 0 saturated heterocycles. The van der Waals surface area contributed by atoms with Gasteiger partial charge in [0.1, 0.15) is 12.4 Å². The summed E-state index contributed by atoms with van der Waals surface area (Å²) in [6, 6.07) is 7.00. The molecule has 0 atom stereocenters. The van der Waals surface area contributed by atoms with Crippen molar-refractivity contribution in [3.05, 3.63) is 59.9 Å². The molecule has 0 spiro atoms. The lowest BCUT2D eigenvalue weighted by atomic mass is 10.1. The Balaban J connectivity index is 1.38. The number of hydrogen-bond donors (Lipinski definition) is 0. The van der Waals surface area contributed by atoms with Crippen molar-refractivity contribution in [3.63, 3.8) is 0 Å². The number of carbonyl (C=O) groups excluding carboxylic acids is 1. The van der Waals surface area contributed by atoms with Crippen LogP contribution in [0, 0.1) is 0 Å². The number of amides is 1. The molecule has 0 fully saturated rings. The number of rotatable bonds is 7. The standard InChI is InChI=1S/C21H23N5O4/c1-28-16-4-6-20(23-12-16)30-10-9-26-14-24-17-7-8-25(13-18(17)26)21(27)15-3-5-19(29-2)22-11-15/h3-6,11-12,14H,7-10,13H2,1-2H3. The quantitative estimate of drug-likeness (QED) is 0.589. The summed E-state index contributed by atoms with van der Waals surface area (Å²) in [4.78, 5) is 27.5. The number of fused-ring (bicyclic) bond motifs is 1. The van der Waals surface area contributed by atoms with E-state index < -0.39 is 0 Å². The van der Waals surface area contributed by atoms with Gasteiger partial charge in [0.2, 0.25) is 11.8 Å². The van der Waals surface area contributed by atoms with Crippen LogP contribution >= 0.6 is 0 Å². The molecule has 30 heavy (non-hydrogen) atoms. The van der Waals surface area contributed by atoms with Crippen molar-refractivity contribution >= 4 is 5.91 Å². The van der Waals surface area contributed by atoms with Crippen molar-refractivity contribution < 1.29 is 19.0 Å². The summed E-state index contributed by atoms with van der Waals surface area (Å²) in [5.41, 5.74) is 2.59. The van der Waals surface area contributed by atoms with Gasteiger partial charge >= 0.3 is 0 Å². The maximum absolute atomic E-state index is 12.9. The molecule has 1 amide bonds. The first-order chi connectivity index (χ1) is 14.7. The Morgan fingerprint density at radius 2 is 1.87 bits per heavy atom. The maximum atomic E-state index is 12.9. The molecule has 0 aliphatic carbocycles. The second-order valence-corrected chi connectivity index (χ2v) is 6.78. The molecule has 0 bridgehead atoms. The van der Waals surface area contributed by atoms with Gasteiger partial charge in [0.05, 0.1) is 56.8 Å². The second-order valence-electron chi connectivity index (χ2n) is 6.78. The molecule has 1 aliphatic heterocycles. The average Bonchev–Trinajstić information content (AvgIpc) is 3.21. The van der Waals surface area contributed by atoms with E-state index in [1.54, 1.807) is 57.2 Å². The number of ether oxygens (including phenoxy) is 3. The lowest BCUT2D eigenvalue weighted by Crippen LogP contribution is -2.37. The summed E-state index contributed by atoms with van der Waals surface area (Å²) in [5, 5.41) is 0. The van der Waals surface area contributed by atoms with Crippen LogP contribution < -0.4 is 14.2 Å². The van der Waals surface area contributed by atoms with Crippen LogP contribution in [0.3, 0.4) is 0 Å². The number of carbonyl (C=O) groups is 1. The number of nitrogens with zero attached hydrogens (tertiary/aromatic N) is 5. The fourth-order valence-electron chi connectivity index (χ4n) is 3.34. The van der Waals surface area contributed by atoms with Gasteiger partial charge in [-0.2, -0.15) is 0 Å². The Kier molecular flexibility index (Phi) is 5.78. The van der Waals surface area contributed by atoms with Crippen LogP contribution in [0.1, 0.15) is 21.7 Å². The molecule has 0 aromatic carbocycles. The molecule has 156 valence electrons. The van der Waals surface area contributed by atoms with Crippen LogP contribution in [0.2, 0.25) is 0 Å². The van der Waals surface area contributed by atoms with Gasteiger partial charge in [-0.05, 0) is 12.1 Å². The van der Waals surface area contributed by atoms with Gasteiger partial charge in [0.15, 0.2) is 0 Å². The van der Waals surface area contributed by atoms with Crippen molar-refractivity contribution in [3.8, 4) is 17.5 Å². The molecule has 0 unspecified atom stereocenters. The van der Waals surface area contributed by atoms with Crippen LogP contribution in [0.4, 0.5) is 0 Å². The van der Waals surface area contributed by atoms with Gasteiger partial charge in [-0.3, -0.25) is 4.79 Å². The molecule has 9 nitrogen and oxygen atoms in total. The van der Waals surface area contributed by atoms with Crippen molar-refractivity contribution in [1.29, 1.82) is 0 Å². The predicted octanol–water partition coefficient (Wildman–Crippen LogP) is 1.97. The second kappa shape index (κ2) is 8.81. The van der Waals surface area contributed by atoms with Crippen molar-refractivity contribution in [2.24, 2.45) is 0 Å². The zero-order chi connectivity index (χ0) is 20.9. The number of methoxy groups -OCH3 is 2. The molecular formula is C21H23N5O4. The summed E-state index contributed by atoms with van der Waals surface area (Å²) in [7, 11) is 3.14. The van der Waals surface area contributed by atoms with Gasteiger partial charge in [0, 0.05) is 31.3 Å². The average molecular weight is 409 g/mol. The van der Waals surface area contributed by atoms with Crippen LogP contribution in [0.5, 0.6) is 17.5 Å². The van der Waals surface area contributed by atoms with E-state index in [9.17, 15) is 4.79 Å². The van der Waals surface area contributed by atoms with Crippen molar-refractivity contribution in [2.45, 2.75) is 19.5 Å². The Hall–Kier alpha value is -3.62. The van der Waals surface area contributed by atoms with Crippen molar-refractivity contribution in [2.75, 3.05) is 27.4 Å². The van der Waals surface area contributed by atoms with E-state index in [-0.39, 0.29) is 5.91 Å². The van der Waals surface area contributed by atoms with E-state index in [1.165, 1.54) is 0 Å². The van der Waals surface area contributed by atoms with Gasteiger partial charge in [-0.1, -0.05) is 0 Å². The highest BCUT2D eigenvalue weighted by molar-refractivity contribution is 5.94. The summed E-state index contributed by atoms with van der Waals surface area (Å²) in [6.07, 6.45) is 5.69. The molecular weight excluding hydrogens is 386 g/mol. The van der Waals surface area contributed by atoms with E-state index in [0.717, 1.165) is 17.8 Å². The summed E-state index contributed by atoms with van der Waals surface area (Å²) >= 11 is 0. The first kappa shape index (κ1) is 19.7. The first-order valence-electron chi connectivity index (χ1n) is 9.63. The third-order valence-corrected chi connectivity index (χ3v) is 5.00. The largest absolute Gasteiger partial charge is 0.495 e. The van der Waals surface area contributed by atoms with E-state index in [0.29, 0.717) is 49.3 Å². The fraction of sp³-hybridized carbons (Fsp3) is 0.333. The molecule has 3 aromatic rings. The summed E-state index contributed by atoms with van der Waals surface area (Å²) < 4.78 is 17.9. The molecule has 4 heterocycles. The normalized spacial score (nSPS) is 12.9.